The van der Waals surface area contributed by atoms with Gasteiger partial charge in [-0.1, -0.05) is 42.8 Å². The Morgan fingerprint density at radius 2 is 1.68 bits per heavy atom. The fourth-order valence-electron chi connectivity index (χ4n) is 4.56. The largest absolute Gasteiger partial charge is 0.488 e. The SMILES string of the molecule is Cc1ccc(S(=O)(=O)Nc2ccc3c(c2)C(=O)N([C@H](C)CO)C[C@@H](C)[C@@H](CN(C)S(=O)(=O)c2ccccc2)O3)cc1. The minimum atomic E-state index is -3.93. The summed E-state index contributed by atoms with van der Waals surface area (Å²) in [5.74, 6) is -0.562. The smallest absolute Gasteiger partial charge is 0.261 e. The molecule has 1 amide bonds. The Labute approximate surface area is 241 Å². The van der Waals surface area contributed by atoms with Gasteiger partial charge in [0.2, 0.25) is 10.0 Å². The normalized spacial score (nSPS) is 18.7. The van der Waals surface area contributed by atoms with Crippen LogP contribution in [0.2, 0.25) is 0 Å². The molecule has 41 heavy (non-hydrogen) atoms. The van der Waals surface area contributed by atoms with Crippen molar-refractivity contribution in [1.29, 1.82) is 0 Å². The predicted octanol–water partition coefficient (Wildman–Crippen LogP) is 3.34. The van der Waals surface area contributed by atoms with Gasteiger partial charge in [0.1, 0.15) is 11.9 Å². The summed E-state index contributed by atoms with van der Waals surface area (Å²) in [4.78, 5) is 15.4. The van der Waals surface area contributed by atoms with Crippen LogP contribution in [0.15, 0.2) is 82.6 Å². The van der Waals surface area contributed by atoms with Gasteiger partial charge in [0.15, 0.2) is 0 Å². The highest BCUT2D eigenvalue weighted by molar-refractivity contribution is 7.92. The Balaban J connectivity index is 1.68. The Morgan fingerprint density at radius 3 is 2.32 bits per heavy atom. The van der Waals surface area contributed by atoms with E-state index in [4.69, 9.17) is 4.74 Å². The predicted molar refractivity (Wildman–Crippen MR) is 156 cm³/mol. The van der Waals surface area contributed by atoms with Gasteiger partial charge in [0.25, 0.3) is 15.9 Å². The molecule has 0 aromatic heterocycles. The first-order chi connectivity index (χ1) is 19.3. The van der Waals surface area contributed by atoms with Crippen molar-refractivity contribution in [1.82, 2.24) is 9.21 Å². The molecule has 1 aliphatic heterocycles. The summed E-state index contributed by atoms with van der Waals surface area (Å²) in [6, 6.07) is 18.3. The number of rotatable bonds is 9. The molecule has 0 saturated carbocycles. The van der Waals surface area contributed by atoms with Crippen LogP contribution in [0.5, 0.6) is 5.75 Å². The molecule has 3 atom stereocenters. The van der Waals surface area contributed by atoms with E-state index in [1.54, 1.807) is 37.3 Å². The van der Waals surface area contributed by atoms with E-state index in [9.17, 15) is 26.7 Å². The van der Waals surface area contributed by atoms with Gasteiger partial charge in [-0.25, -0.2) is 16.8 Å². The molecule has 10 nitrogen and oxygen atoms in total. The highest BCUT2D eigenvalue weighted by Crippen LogP contribution is 2.32. The van der Waals surface area contributed by atoms with Crippen LogP contribution >= 0.6 is 0 Å². The van der Waals surface area contributed by atoms with E-state index < -0.39 is 38.1 Å². The van der Waals surface area contributed by atoms with Crippen molar-refractivity contribution in [2.24, 2.45) is 5.92 Å². The lowest BCUT2D eigenvalue weighted by molar-refractivity contribution is 0.0387. The molecule has 0 fully saturated rings. The number of nitrogens with one attached hydrogen (secondary N) is 1. The van der Waals surface area contributed by atoms with Gasteiger partial charge in [-0.2, -0.15) is 4.31 Å². The average Bonchev–Trinajstić information content (AvgIpc) is 2.95. The summed E-state index contributed by atoms with van der Waals surface area (Å²) in [6.07, 6.45) is -0.658. The lowest BCUT2D eigenvalue weighted by atomic mass is 9.99. The van der Waals surface area contributed by atoms with E-state index in [-0.39, 0.29) is 52.4 Å². The van der Waals surface area contributed by atoms with E-state index in [2.05, 4.69) is 4.72 Å². The lowest BCUT2D eigenvalue weighted by Gasteiger charge is -2.38. The molecule has 1 heterocycles. The molecular weight excluding hydrogens is 566 g/mol. The number of carbonyl (C=O) groups is 1. The van der Waals surface area contributed by atoms with Crippen molar-refractivity contribution in [3.8, 4) is 5.75 Å². The molecule has 220 valence electrons. The van der Waals surface area contributed by atoms with E-state index in [1.165, 1.54) is 58.7 Å². The van der Waals surface area contributed by atoms with E-state index in [0.717, 1.165) is 5.56 Å². The zero-order valence-corrected chi connectivity index (χ0v) is 25.0. The second kappa shape index (κ2) is 12.2. The van der Waals surface area contributed by atoms with E-state index in [0.29, 0.717) is 0 Å². The maximum Gasteiger partial charge on any atom is 0.261 e. The van der Waals surface area contributed by atoms with Crippen LogP contribution in [0.25, 0.3) is 0 Å². The summed E-state index contributed by atoms with van der Waals surface area (Å²) >= 11 is 0. The number of hydrogen-bond donors (Lipinski definition) is 2. The fraction of sp³-hybridized carbons (Fsp3) is 0.345. The van der Waals surface area contributed by atoms with Crippen molar-refractivity contribution in [2.75, 3.05) is 31.5 Å². The number of fused-ring (bicyclic) bond motifs is 1. The summed E-state index contributed by atoms with van der Waals surface area (Å²) in [6.45, 7) is 5.30. The molecule has 0 aliphatic carbocycles. The van der Waals surface area contributed by atoms with Crippen molar-refractivity contribution >= 4 is 31.6 Å². The first-order valence-electron chi connectivity index (χ1n) is 13.2. The molecule has 3 aromatic rings. The number of aryl methyl sites for hydroxylation is 1. The first kappa shape index (κ1) is 30.5. The van der Waals surface area contributed by atoms with E-state index in [1.807, 2.05) is 13.8 Å². The minimum Gasteiger partial charge on any atom is -0.488 e. The molecule has 0 spiro atoms. The maximum absolute atomic E-state index is 13.7. The van der Waals surface area contributed by atoms with Gasteiger partial charge in [0, 0.05) is 25.2 Å². The highest BCUT2D eigenvalue weighted by Gasteiger charge is 2.35. The van der Waals surface area contributed by atoms with Crippen LogP contribution in [0, 0.1) is 12.8 Å². The number of anilines is 1. The number of hydrogen-bond acceptors (Lipinski definition) is 7. The minimum absolute atomic E-state index is 0.00479. The number of aliphatic hydroxyl groups is 1. The number of carbonyl (C=O) groups excluding carboxylic acids is 1. The third-order valence-corrected chi connectivity index (χ3v) is 10.4. The highest BCUT2D eigenvalue weighted by atomic mass is 32.2. The van der Waals surface area contributed by atoms with Gasteiger partial charge in [-0.05, 0) is 56.3 Å². The molecule has 0 saturated heterocycles. The quantitative estimate of drug-likeness (QED) is 0.384. The van der Waals surface area contributed by atoms with Crippen LogP contribution in [0.3, 0.4) is 0 Å². The molecule has 0 bridgehead atoms. The lowest BCUT2D eigenvalue weighted by Crippen LogP contribution is -2.50. The van der Waals surface area contributed by atoms with Gasteiger partial charge in [0.05, 0.1) is 34.5 Å². The Morgan fingerprint density at radius 1 is 1.02 bits per heavy atom. The summed E-state index contributed by atoms with van der Waals surface area (Å²) in [7, 11) is -6.27. The second-order valence-corrected chi connectivity index (χ2v) is 14.1. The summed E-state index contributed by atoms with van der Waals surface area (Å²) in [5.41, 5.74) is 1.17. The molecule has 12 heteroatoms. The Hall–Kier alpha value is -3.45. The van der Waals surface area contributed by atoms with Gasteiger partial charge >= 0.3 is 0 Å². The van der Waals surface area contributed by atoms with Gasteiger partial charge < -0.3 is 14.7 Å². The van der Waals surface area contributed by atoms with Crippen LogP contribution in [0.4, 0.5) is 5.69 Å². The van der Waals surface area contributed by atoms with Crippen LogP contribution < -0.4 is 9.46 Å². The van der Waals surface area contributed by atoms with Crippen LogP contribution in [-0.4, -0.2) is 75.9 Å². The summed E-state index contributed by atoms with van der Waals surface area (Å²) in [5, 5.41) is 9.89. The average molecular weight is 602 g/mol. The molecule has 2 N–H and O–H groups in total. The first-order valence-corrected chi connectivity index (χ1v) is 16.1. The number of ether oxygens (including phenoxy) is 1. The maximum atomic E-state index is 13.7. The molecule has 3 aromatic carbocycles. The number of sulfonamides is 2. The third kappa shape index (κ3) is 6.72. The Kier molecular flexibility index (Phi) is 9.07. The van der Waals surface area contributed by atoms with Crippen molar-refractivity contribution in [3.63, 3.8) is 0 Å². The number of benzene rings is 3. The molecular formula is C29H35N3O7S2. The fourth-order valence-corrected chi connectivity index (χ4v) is 6.81. The second-order valence-electron chi connectivity index (χ2n) is 10.4. The number of amides is 1. The van der Waals surface area contributed by atoms with Gasteiger partial charge in [-0.3, -0.25) is 9.52 Å². The topological polar surface area (TPSA) is 133 Å². The van der Waals surface area contributed by atoms with Crippen molar-refractivity contribution in [2.45, 2.75) is 42.7 Å². The standard InChI is InChI=1S/C29H35N3O7S2/c1-20-10-13-24(14-11-20)40(35,36)30-23-12-15-27-26(16-23)29(34)32(22(3)19-33)17-21(2)28(39-27)18-31(4)41(37,38)25-8-6-5-7-9-25/h5-16,21-22,28,30,33H,17-19H2,1-4H3/t21-,22-,28-/m1/s1. The number of aliphatic hydroxyl groups excluding tert-OH is 1. The Bertz CT molecular complexity index is 1600. The molecule has 0 radical (unpaired) electrons. The zero-order chi connectivity index (χ0) is 29.9. The molecule has 4 rings (SSSR count). The van der Waals surface area contributed by atoms with Gasteiger partial charge in [-0.15, -0.1) is 0 Å². The van der Waals surface area contributed by atoms with Crippen LogP contribution in [-0.2, 0) is 20.0 Å². The van der Waals surface area contributed by atoms with Crippen molar-refractivity contribution in [3.05, 3.63) is 83.9 Å². The van der Waals surface area contributed by atoms with E-state index >= 15 is 0 Å². The van der Waals surface area contributed by atoms with Crippen molar-refractivity contribution < 1.29 is 31.5 Å². The van der Waals surface area contributed by atoms with Crippen LogP contribution in [0.1, 0.15) is 29.8 Å². The third-order valence-electron chi connectivity index (χ3n) is 7.14. The monoisotopic (exact) mass is 601 g/mol. The molecule has 1 aliphatic rings. The number of likely N-dealkylation sites (N-methyl/N-ethyl adjacent to an activating group) is 1. The molecule has 0 unspecified atom stereocenters. The summed E-state index contributed by atoms with van der Waals surface area (Å²) < 4.78 is 62.4. The number of nitrogens with zero attached hydrogens (tertiary/aromatic N) is 2. The zero-order valence-electron chi connectivity index (χ0n) is 23.4.